The van der Waals surface area contributed by atoms with E-state index in [1.165, 1.54) is 12.5 Å². The molecule has 1 aromatic rings. The summed E-state index contributed by atoms with van der Waals surface area (Å²) in [5.41, 5.74) is 22.2. The smallest absolute Gasteiger partial charge is 0.326 e. The molecule has 1 rings (SSSR count). The van der Waals surface area contributed by atoms with Gasteiger partial charge in [0.05, 0.1) is 25.2 Å². The fourth-order valence-corrected chi connectivity index (χ4v) is 3.11. The lowest BCUT2D eigenvalue weighted by Gasteiger charge is -2.24. The quantitative estimate of drug-likeness (QED) is 0.0505. The molecule has 0 radical (unpaired) electrons. The van der Waals surface area contributed by atoms with Crippen LogP contribution >= 0.6 is 0 Å². The van der Waals surface area contributed by atoms with Crippen LogP contribution in [-0.2, 0) is 35.2 Å². The van der Waals surface area contributed by atoms with Gasteiger partial charge < -0.3 is 54.1 Å². The predicted octanol–water partition coefficient (Wildman–Crippen LogP) is -4.78. The number of aromatic nitrogens is 2. The Balaban J connectivity index is 3.02. The number of carbonyl (C=O) groups is 6. The summed E-state index contributed by atoms with van der Waals surface area (Å²) in [7, 11) is 0. The third-order valence-corrected chi connectivity index (χ3v) is 4.94. The summed E-state index contributed by atoms with van der Waals surface area (Å²) in [5, 5.41) is 24.6. The maximum absolute atomic E-state index is 13.0. The Labute approximate surface area is 216 Å². The summed E-state index contributed by atoms with van der Waals surface area (Å²) in [6.45, 7) is 0.100. The van der Waals surface area contributed by atoms with Crippen LogP contribution < -0.4 is 38.9 Å². The molecular formula is C20H32N10O8. The molecule has 0 aliphatic carbocycles. The Bertz CT molecular complexity index is 1030. The fraction of sp³-hybridized carbons (Fsp3) is 0.500. The number of amides is 4. The number of carboxylic acids is 2. The minimum atomic E-state index is -1.84. The summed E-state index contributed by atoms with van der Waals surface area (Å²) < 4.78 is 0. The minimum absolute atomic E-state index is 0.0210. The molecule has 210 valence electrons. The van der Waals surface area contributed by atoms with Crippen molar-refractivity contribution in [2.45, 2.75) is 56.3 Å². The zero-order valence-corrected chi connectivity index (χ0v) is 20.3. The Kier molecular flexibility index (Phi) is 12.7. The topological polar surface area (TPSA) is 324 Å². The zero-order chi connectivity index (χ0) is 28.8. The molecule has 0 aliphatic rings. The molecule has 0 saturated heterocycles. The molecule has 1 aromatic heterocycles. The van der Waals surface area contributed by atoms with Crippen molar-refractivity contribution in [2.24, 2.45) is 27.9 Å². The average molecular weight is 541 g/mol. The van der Waals surface area contributed by atoms with Crippen molar-refractivity contribution < 1.29 is 39.0 Å². The van der Waals surface area contributed by atoms with Crippen LogP contribution in [0.15, 0.2) is 17.5 Å². The van der Waals surface area contributed by atoms with Gasteiger partial charge in [-0.15, -0.1) is 0 Å². The summed E-state index contributed by atoms with van der Waals surface area (Å²) >= 11 is 0. The Hall–Kier alpha value is -4.74. The third kappa shape index (κ3) is 11.8. The number of aliphatic carboxylic acids is 2. The molecule has 0 saturated carbocycles. The molecule has 14 N–H and O–H groups in total. The number of primary amides is 1. The van der Waals surface area contributed by atoms with E-state index in [4.69, 9.17) is 33.1 Å². The normalized spacial score (nSPS) is 13.7. The van der Waals surface area contributed by atoms with Crippen molar-refractivity contribution in [1.82, 2.24) is 25.9 Å². The van der Waals surface area contributed by atoms with Gasteiger partial charge in [-0.05, 0) is 12.8 Å². The number of nitrogens with two attached hydrogens (primary N) is 4. The van der Waals surface area contributed by atoms with Crippen molar-refractivity contribution in [3.63, 3.8) is 0 Å². The number of guanidine groups is 1. The highest BCUT2D eigenvalue weighted by molar-refractivity contribution is 5.96. The van der Waals surface area contributed by atoms with E-state index in [1.54, 1.807) is 0 Å². The van der Waals surface area contributed by atoms with Gasteiger partial charge in [0.2, 0.25) is 23.6 Å². The fourth-order valence-electron chi connectivity index (χ4n) is 3.11. The second-order valence-electron chi connectivity index (χ2n) is 8.13. The highest BCUT2D eigenvalue weighted by atomic mass is 16.4. The molecule has 4 amide bonds. The van der Waals surface area contributed by atoms with Crippen LogP contribution in [0.25, 0.3) is 0 Å². The maximum Gasteiger partial charge on any atom is 0.326 e. The summed E-state index contributed by atoms with van der Waals surface area (Å²) in [6, 6.07) is -5.88. The van der Waals surface area contributed by atoms with Gasteiger partial charge in [0.15, 0.2) is 5.96 Å². The van der Waals surface area contributed by atoms with Gasteiger partial charge in [-0.3, -0.25) is 29.0 Å². The summed E-state index contributed by atoms with van der Waals surface area (Å²) in [6.07, 6.45) is 1.41. The van der Waals surface area contributed by atoms with E-state index in [1.807, 2.05) is 5.32 Å². The Morgan fingerprint density at radius 2 is 1.53 bits per heavy atom. The van der Waals surface area contributed by atoms with E-state index in [9.17, 15) is 28.8 Å². The van der Waals surface area contributed by atoms with Crippen molar-refractivity contribution in [2.75, 3.05) is 6.54 Å². The zero-order valence-electron chi connectivity index (χ0n) is 20.3. The standard InChI is InChI=1S/C20H32N10O8/c21-10(4-9-7-25-8-27-9)16(34)28-11(2-1-3-26-20(23)24)17(35)29-12(5-14(22)31)18(36)30-13(19(37)38)6-15(32)33/h7-8,10-13H,1-6,21H2,(H2,22,31)(H,25,27)(H,28,34)(H,29,35)(H,30,36)(H,32,33)(H,37,38)(H4,23,24,26). The molecule has 0 bridgehead atoms. The molecule has 1 heterocycles. The van der Waals surface area contributed by atoms with Crippen LogP contribution in [-0.4, -0.2) is 92.4 Å². The minimum Gasteiger partial charge on any atom is -0.481 e. The SMILES string of the molecule is NC(=O)CC(NC(=O)C(CCCN=C(N)N)NC(=O)C(N)Cc1cnc[nH]1)C(=O)NC(CC(=O)O)C(=O)O. The van der Waals surface area contributed by atoms with Crippen LogP contribution in [0.4, 0.5) is 0 Å². The average Bonchev–Trinajstić information content (AvgIpc) is 3.32. The van der Waals surface area contributed by atoms with E-state index < -0.39 is 72.6 Å². The number of H-pyrrole nitrogens is 1. The molecule has 4 unspecified atom stereocenters. The molecular weight excluding hydrogens is 508 g/mol. The van der Waals surface area contributed by atoms with Crippen LogP contribution in [0.5, 0.6) is 0 Å². The first-order valence-electron chi connectivity index (χ1n) is 11.2. The molecule has 18 nitrogen and oxygen atoms in total. The van der Waals surface area contributed by atoms with Crippen molar-refractivity contribution >= 4 is 41.5 Å². The lowest BCUT2D eigenvalue weighted by molar-refractivity contribution is -0.147. The number of carboxylic acid groups (broad SMARTS) is 2. The number of nitrogens with zero attached hydrogens (tertiary/aromatic N) is 2. The summed E-state index contributed by atoms with van der Waals surface area (Å²) in [4.78, 5) is 82.4. The lowest BCUT2D eigenvalue weighted by Crippen LogP contribution is -2.58. The van der Waals surface area contributed by atoms with E-state index in [2.05, 4.69) is 25.6 Å². The van der Waals surface area contributed by atoms with Gasteiger partial charge in [-0.2, -0.15) is 0 Å². The molecule has 0 aromatic carbocycles. The van der Waals surface area contributed by atoms with Crippen LogP contribution in [0.2, 0.25) is 0 Å². The van der Waals surface area contributed by atoms with Gasteiger partial charge in [-0.1, -0.05) is 0 Å². The number of hydrogen-bond acceptors (Lipinski definition) is 9. The molecule has 38 heavy (non-hydrogen) atoms. The number of hydrogen-bond donors (Lipinski definition) is 10. The van der Waals surface area contributed by atoms with E-state index in [0.717, 1.165) is 0 Å². The number of aliphatic imine (C=N–C) groups is 1. The van der Waals surface area contributed by atoms with Crippen molar-refractivity contribution in [3.8, 4) is 0 Å². The monoisotopic (exact) mass is 540 g/mol. The number of aromatic amines is 1. The molecule has 0 spiro atoms. The second-order valence-corrected chi connectivity index (χ2v) is 8.13. The van der Waals surface area contributed by atoms with E-state index >= 15 is 0 Å². The first-order chi connectivity index (χ1) is 17.8. The van der Waals surface area contributed by atoms with Crippen LogP contribution in [0, 0.1) is 0 Å². The highest BCUT2D eigenvalue weighted by Gasteiger charge is 2.32. The highest BCUT2D eigenvalue weighted by Crippen LogP contribution is 2.04. The predicted molar refractivity (Wildman–Crippen MR) is 130 cm³/mol. The molecule has 0 fully saturated rings. The van der Waals surface area contributed by atoms with E-state index in [-0.39, 0.29) is 31.8 Å². The van der Waals surface area contributed by atoms with Gasteiger partial charge in [0, 0.05) is 24.9 Å². The lowest BCUT2D eigenvalue weighted by atomic mass is 10.1. The molecule has 0 aliphatic heterocycles. The van der Waals surface area contributed by atoms with Crippen LogP contribution in [0.1, 0.15) is 31.4 Å². The van der Waals surface area contributed by atoms with Gasteiger partial charge in [0.25, 0.3) is 0 Å². The first kappa shape index (κ1) is 31.3. The van der Waals surface area contributed by atoms with Crippen molar-refractivity contribution in [3.05, 3.63) is 18.2 Å². The van der Waals surface area contributed by atoms with Crippen LogP contribution in [0.3, 0.4) is 0 Å². The molecule has 18 heteroatoms. The van der Waals surface area contributed by atoms with Crippen molar-refractivity contribution in [1.29, 1.82) is 0 Å². The van der Waals surface area contributed by atoms with Gasteiger partial charge >= 0.3 is 11.9 Å². The largest absolute Gasteiger partial charge is 0.481 e. The molecule has 4 atom stereocenters. The number of nitrogens with one attached hydrogen (secondary N) is 4. The number of imidazole rings is 1. The van der Waals surface area contributed by atoms with Gasteiger partial charge in [-0.25, -0.2) is 9.78 Å². The van der Waals surface area contributed by atoms with Gasteiger partial charge in [0.1, 0.15) is 18.1 Å². The maximum atomic E-state index is 13.0. The van der Waals surface area contributed by atoms with E-state index in [0.29, 0.717) is 5.69 Å². The number of carbonyl (C=O) groups excluding carboxylic acids is 4. The first-order valence-corrected chi connectivity index (χ1v) is 11.2. The number of rotatable bonds is 17. The Morgan fingerprint density at radius 3 is 2.05 bits per heavy atom. The Morgan fingerprint density at radius 1 is 0.921 bits per heavy atom. The third-order valence-electron chi connectivity index (χ3n) is 4.94. The second kappa shape index (κ2) is 15.4. The summed E-state index contributed by atoms with van der Waals surface area (Å²) in [5.74, 6) is -7.20.